The highest BCUT2D eigenvalue weighted by Gasteiger charge is 2.29. The van der Waals surface area contributed by atoms with Gasteiger partial charge in [0.25, 0.3) is 5.91 Å². The fourth-order valence-corrected chi connectivity index (χ4v) is 4.17. The molecule has 8 heteroatoms. The van der Waals surface area contributed by atoms with Gasteiger partial charge >= 0.3 is 5.97 Å². The van der Waals surface area contributed by atoms with Crippen molar-refractivity contribution in [3.63, 3.8) is 0 Å². The summed E-state index contributed by atoms with van der Waals surface area (Å²) >= 11 is 0. The Hall–Kier alpha value is -2.09. The lowest BCUT2D eigenvalue weighted by atomic mass is 10.1. The molecule has 144 valence electrons. The Morgan fingerprint density at radius 3 is 2.50 bits per heavy atom. The van der Waals surface area contributed by atoms with E-state index >= 15 is 0 Å². The van der Waals surface area contributed by atoms with Crippen LogP contribution in [0.5, 0.6) is 5.75 Å². The lowest BCUT2D eigenvalue weighted by Crippen LogP contribution is -2.38. The maximum Gasteiger partial charge on any atom is 0.338 e. The van der Waals surface area contributed by atoms with Gasteiger partial charge in [-0.05, 0) is 43.0 Å². The monoisotopic (exact) mass is 383 g/mol. The summed E-state index contributed by atoms with van der Waals surface area (Å²) in [6.07, 6.45) is 1.33. The van der Waals surface area contributed by atoms with Crippen molar-refractivity contribution >= 4 is 21.7 Å². The van der Waals surface area contributed by atoms with Crippen molar-refractivity contribution in [2.45, 2.75) is 32.7 Å². The van der Waals surface area contributed by atoms with E-state index in [1.165, 1.54) is 0 Å². The van der Waals surface area contributed by atoms with Crippen LogP contribution in [0, 0.1) is 5.92 Å². The van der Waals surface area contributed by atoms with Gasteiger partial charge in [0.05, 0.1) is 23.7 Å². The Morgan fingerprint density at radius 1 is 1.23 bits per heavy atom. The number of nitrogens with one attached hydrogen (secondary N) is 1. The van der Waals surface area contributed by atoms with Crippen LogP contribution in [0.1, 0.15) is 37.0 Å². The van der Waals surface area contributed by atoms with E-state index in [4.69, 9.17) is 9.47 Å². The van der Waals surface area contributed by atoms with Gasteiger partial charge in [0.1, 0.15) is 5.75 Å². The molecule has 0 radical (unpaired) electrons. The molecule has 1 fully saturated rings. The Bertz CT molecular complexity index is 727. The van der Waals surface area contributed by atoms with Crippen LogP contribution in [0.15, 0.2) is 24.3 Å². The summed E-state index contributed by atoms with van der Waals surface area (Å²) in [5, 5.41) is 2.57. The quantitative estimate of drug-likeness (QED) is 0.684. The van der Waals surface area contributed by atoms with Crippen LogP contribution in [0.25, 0.3) is 0 Å². The molecule has 0 spiro atoms. The standard InChI is InChI=1S/C18H25NO6S/c1-13(2)7-9-24-16-5-3-14(4-6-16)18(21)25-11-17(20)19-15-8-10-26(22,23)12-15/h3-6,13,15H,7-12H2,1-2H3,(H,19,20)/t15-/m1/s1. The number of carbonyl (C=O) groups excluding carboxylic acids is 2. The SMILES string of the molecule is CC(C)CCOc1ccc(C(=O)OCC(=O)N[C@@H]2CCS(=O)(=O)C2)cc1. The summed E-state index contributed by atoms with van der Waals surface area (Å²) in [6, 6.07) is 6.11. The lowest BCUT2D eigenvalue weighted by molar-refractivity contribution is -0.124. The van der Waals surface area contributed by atoms with Crippen molar-refractivity contribution in [1.82, 2.24) is 5.32 Å². The fourth-order valence-electron chi connectivity index (χ4n) is 2.49. The van der Waals surface area contributed by atoms with E-state index in [1.807, 2.05) is 0 Å². The van der Waals surface area contributed by atoms with E-state index in [-0.39, 0.29) is 11.5 Å². The zero-order valence-corrected chi connectivity index (χ0v) is 15.9. The molecule has 1 amide bonds. The van der Waals surface area contributed by atoms with Gasteiger partial charge in [-0.3, -0.25) is 4.79 Å². The Balaban J connectivity index is 1.74. The second-order valence-electron chi connectivity index (χ2n) is 6.80. The summed E-state index contributed by atoms with van der Waals surface area (Å²) < 4.78 is 33.2. The highest BCUT2D eigenvalue weighted by Crippen LogP contribution is 2.14. The molecule has 1 saturated heterocycles. The molecule has 1 heterocycles. The predicted octanol–water partition coefficient (Wildman–Crippen LogP) is 1.57. The van der Waals surface area contributed by atoms with E-state index in [2.05, 4.69) is 19.2 Å². The molecule has 26 heavy (non-hydrogen) atoms. The number of rotatable bonds is 8. The first-order valence-corrected chi connectivity index (χ1v) is 10.5. The van der Waals surface area contributed by atoms with E-state index in [9.17, 15) is 18.0 Å². The Morgan fingerprint density at radius 2 is 1.92 bits per heavy atom. The number of benzene rings is 1. The molecule has 1 aliphatic heterocycles. The minimum atomic E-state index is -3.07. The second-order valence-corrected chi connectivity index (χ2v) is 9.03. The third kappa shape index (κ3) is 6.67. The molecule has 7 nitrogen and oxygen atoms in total. The van der Waals surface area contributed by atoms with Crippen LogP contribution in [0.2, 0.25) is 0 Å². The van der Waals surface area contributed by atoms with Crippen LogP contribution >= 0.6 is 0 Å². The summed E-state index contributed by atoms with van der Waals surface area (Å²) in [4.78, 5) is 23.7. The topological polar surface area (TPSA) is 98.8 Å². The van der Waals surface area contributed by atoms with Crippen LogP contribution in [0.3, 0.4) is 0 Å². The fraction of sp³-hybridized carbons (Fsp3) is 0.556. The summed E-state index contributed by atoms with van der Waals surface area (Å²) in [5.74, 6) is 0.109. The Labute approximate surface area is 154 Å². The zero-order chi connectivity index (χ0) is 19.2. The zero-order valence-electron chi connectivity index (χ0n) is 15.1. The molecule has 0 saturated carbocycles. The molecule has 0 aliphatic carbocycles. The third-order valence-corrected chi connectivity index (χ3v) is 5.75. The molecule has 2 rings (SSSR count). The first-order valence-electron chi connectivity index (χ1n) is 8.65. The predicted molar refractivity (Wildman–Crippen MR) is 96.9 cm³/mol. The van der Waals surface area contributed by atoms with Gasteiger partial charge in [0.15, 0.2) is 16.4 Å². The molecule has 1 N–H and O–H groups in total. The third-order valence-electron chi connectivity index (χ3n) is 3.99. The first-order chi connectivity index (χ1) is 12.2. The number of hydrogen-bond donors (Lipinski definition) is 1. The minimum absolute atomic E-state index is 0.0645. The molecule has 1 aliphatic rings. The number of hydrogen-bond acceptors (Lipinski definition) is 6. The van der Waals surface area contributed by atoms with Crippen LogP contribution in [-0.4, -0.2) is 51.1 Å². The lowest BCUT2D eigenvalue weighted by Gasteiger charge is -2.11. The minimum Gasteiger partial charge on any atom is -0.494 e. The molecule has 0 unspecified atom stereocenters. The summed E-state index contributed by atoms with van der Waals surface area (Å²) in [6.45, 7) is 4.40. The van der Waals surface area contributed by atoms with Gasteiger partial charge in [-0.1, -0.05) is 13.8 Å². The number of esters is 1. The first kappa shape index (κ1) is 20.2. The maximum atomic E-state index is 12.0. The van der Waals surface area contributed by atoms with E-state index < -0.39 is 34.4 Å². The van der Waals surface area contributed by atoms with Crippen molar-refractivity contribution in [3.05, 3.63) is 29.8 Å². The number of carbonyl (C=O) groups is 2. The highest BCUT2D eigenvalue weighted by atomic mass is 32.2. The van der Waals surface area contributed by atoms with Gasteiger partial charge in [0, 0.05) is 6.04 Å². The molecular formula is C18H25NO6S. The van der Waals surface area contributed by atoms with Gasteiger partial charge in [0.2, 0.25) is 0 Å². The normalized spacial score (nSPS) is 18.5. The molecule has 0 bridgehead atoms. The highest BCUT2D eigenvalue weighted by molar-refractivity contribution is 7.91. The van der Waals surface area contributed by atoms with Crippen molar-refractivity contribution in [2.24, 2.45) is 5.92 Å². The van der Waals surface area contributed by atoms with Crippen molar-refractivity contribution in [3.8, 4) is 5.75 Å². The average molecular weight is 383 g/mol. The molecule has 0 aromatic heterocycles. The molecular weight excluding hydrogens is 358 g/mol. The maximum absolute atomic E-state index is 12.0. The Kier molecular flexibility index (Phi) is 7.02. The van der Waals surface area contributed by atoms with E-state index in [1.54, 1.807) is 24.3 Å². The van der Waals surface area contributed by atoms with Gasteiger partial charge in [-0.2, -0.15) is 0 Å². The summed E-state index contributed by atoms with van der Waals surface area (Å²) in [7, 11) is -3.07. The van der Waals surface area contributed by atoms with Gasteiger partial charge in [-0.25, -0.2) is 13.2 Å². The molecule has 1 aromatic carbocycles. The number of ether oxygens (including phenoxy) is 2. The van der Waals surface area contributed by atoms with Crippen molar-refractivity contribution < 1.29 is 27.5 Å². The van der Waals surface area contributed by atoms with Crippen LogP contribution < -0.4 is 10.1 Å². The second kappa shape index (κ2) is 9.02. The molecule has 1 aromatic rings. The number of amides is 1. The van der Waals surface area contributed by atoms with Gasteiger partial charge in [-0.15, -0.1) is 0 Å². The number of sulfone groups is 1. The largest absolute Gasteiger partial charge is 0.494 e. The molecule has 1 atom stereocenters. The van der Waals surface area contributed by atoms with Crippen molar-refractivity contribution in [2.75, 3.05) is 24.7 Å². The van der Waals surface area contributed by atoms with Crippen molar-refractivity contribution in [1.29, 1.82) is 0 Å². The summed E-state index contributed by atoms with van der Waals surface area (Å²) in [5.41, 5.74) is 0.317. The van der Waals surface area contributed by atoms with Gasteiger partial charge < -0.3 is 14.8 Å². The smallest absolute Gasteiger partial charge is 0.338 e. The average Bonchev–Trinajstić information content (AvgIpc) is 2.91. The van der Waals surface area contributed by atoms with E-state index in [0.29, 0.717) is 30.3 Å². The van der Waals surface area contributed by atoms with Crippen LogP contribution in [0.4, 0.5) is 0 Å². The van der Waals surface area contributed by atoms with Crippen LogP contribution in [-0.2, 0) is 19.4 Å². The van der Waals surface area contributed by atoms with E-state index in [0.717, 1.165) is 6.42 Å².